The fourth-order valence-electron chi connectivity index (χ4n) is 1.91. The molecule has 0 spiro atoms. The van der Waals surface area contributed by atoms with Crippen LogP contribution in [0.25, 0.3) is 0 Å². The van der Waals surface area contributed by atoms with Gasteiger partial charge in [-0.3, -0.25) is 14.9 Å². The van der Waals surface area contributed by atoms with Crippen LogP contribution in [0.5, 0.6) is 0 Å². The van der Waals surface area contributed by atoms with Gasteiger partial charge >= 0.3 is 5.97 Å². The van der Waals surface area contributed by atoms with Crippen LogP contribution in [-0.4, -0.2) is 29.4 Å². The Morgan fingerprint density at radius 2 is 1.93 bits per heavy atom. The van der Waals surface area contributed by atoms with Crippen molar-refractivity contribution < 1.29 is 14.7 Å². The zero-order valence-corrected chi connectivity index (χ0v) is 9.16. The number of hydrogen-bond donors (Lipinski definition) is 2. The highest BCUT2D eigenvalue weighted by atomic mass is 16.4. The zero-order chi connectivity index (χ0) is 11.3. The first-order valence-electron chi connectivity index (χ1n) is 5.60. The lowest BCUT2D eigenvalue weighted by atomic mass is 9.86. The number of hydrogen-bond acceptors (Lipinski definition) is 3. The lowest BCUT2D eigenvalue weighted by Gasteiger charge is -2.20. The van der Waals surface area contributed by atoms with Crippen molar-refractivity contribution in [3.63, 3.8) is 0 Å². The van der Waals surface area contributed by atoms with Crippen LogP contribution < -0.4 is 5.32 Å². The van der Waals surface area contributed by atoms with E-state index in [-0.39, 0.29) is 18.2 Å². The van der Waals surface area contributed by atoms with Crippen LogP contribution in [0.1, 0.15) is 39.0 Å². The Morgan fingerprint density at radius 1 is 1.33 bits per heavy atom. The van der Waals surface area contributed by atoms with Gasteiger partial charge in [0, 0.05) is 5.92 Å². The Balaban J connectivity index is 2.25. The lowest BCUT2D eigenvalue weighted by Crippen LogP contribution is -2.39. The van der Waals surface area contributed by atoms with Crippen molar-refractivity contribution in [3.05, 3.63) is 0 Å². The van der Waals surface area contributed by atoms with E-state index >= 15 is 0 Å². The van der Waals surface area contributed by atoms with Crippen molar-refractivity contribution in [3.8, 4) is 0 Å². The number of aliphatic carboxylic acids is 1. The summed E-state index contributed by atoms with van der Waals surface area (Å²) in [7, 11) is 0. The number of ketones is 1. The van der Waals surface area contributed by atoms with Crippen molar-refractivity contribution >= 4 is 11.8 Å². The first-order valence-corrected chi connectivity index (χ1v) is 5.60. The normalized spacial score (nSPS) is 19.8. The smallest absolute Gasteiger partial charge is 0.320 e. The maximum absolute atomic E-state index is 11.7. The van der Waals surface area contributed by atoms with Gasteiger partial charge in [-0.15, -0.1) is 0 Å². The molecule has 0 saturated heterocycles. The van der Waals surface area contributed by atoms with Crippen LogP contribution in [0.4, 0.5) is 0 Å². The topological polar surface area (TPSA) is 66.4 Å². The summed E-state index contributed by atoms with van der Waals surface area (Å²) in [5.41, 5.74) is 0. The number of Topliss-reactive ketones (excluding diaryl/α,β-unsaturated/α-hetero) is 1. The molecule has 1 rings (SSSR count). The van der Waals surface area contributed by atoms with Crippen LogP contribution in [0.3, 0.4) is 0 Å². The van der Waals surface area contributed by atoms with E-state index in [4.69, 9.17) is 5.11 Å². The summed E-state index contributed by atoms with van der Waals surface area (Å²) < 4.78 is 0. The zero-order valence-electron chi connectivity index (χ0n) is 9.16. The average molecular weight is 213 g/mol. The maximum atomic E-state index is 11.7. The standard InChI is InChI=1S/C11H19NO3/c1-8(11(14)15)12-7-10(13)9-5-3-2-4-6-9/h8-9,12H,2-7H2,1H3,(H,14,15)/t8-/m0/s1. The molecule has 0 aromatic carbocycles. The van der Waals surface area contributed by atoms with Crippen molar-refractivity contribution in [2.45, 2.75) is 45.1 Å². The van der Waals surface area contributed by atoms with Crippen molar-refractivity contribution in [2.75, 3.05) is 6.54 Å². The van der Waals surface area contributed by atoms with E-state index in [0.717, 1.165) is 25.7 Å². The highest BCUT2D eigenvalue weighted by Gasteiger charge is 2.21. The van der Waals surface area contributed by atoms with Gasteiger partial charge in [-0.2, -0.15) is 0 Å². The monoisotopic (exact) mass is 213 g/mol. The van der Waals surface area contributed by atoms with Crippen LogP contribution in [0.15, 0.2) is 0 Å². The maximum Gasteiger partial charge on any atom is 0.320 e. The van der Waals surface area contributed by atoms with Gasteiger partial charge in [-0.25, -0.2) is 0 Å². The number of carboxylic acid groups (broad SMARTS) is 1. The molecule has 86 valence electrons. The van der Waals surface area contributed by atoms with Gasteiger partial charge in [0.2, 0.25) is 0 Å². The van der Waals surface area contributed by atoms with Crippen LogP contribution in [0.2, 0.25) is 0 Å². The SMILES string of the molecule is C[C@H](NCC(=O)C1CCCCC1)C(=O)O. The second kappa shape index (κ2) is 5.85. The second-order valence-corrected chi connectivity index (χ2v) is 4.24. The summed E-state index contributed by atoms with van der Waals surface area (Å²) in [4.78, 5) is 22.2. The first-order chi connectivity index (χ1) is 7.11. The highest BCUT2D eigenvalue weighted by molar-refractivity contribution is 5.83. The second-order valence-electron chi connectivity index (χ2n) is 4.24. The Morgan fingerprint density at radius 3 is 2.47 bits per heavy atom. The van der Waals surface area contributed by atoms with E-state index < -0.39 is 12.0 Å². The third-order valence-corrected chi connectivity index (χ3v) is 3.01. The summed E-state index contributed by atoms with van der Waals surface area (Å²) >= 11 is 0. The Hall–Kier alpha value is -0.900. The van der Waals surface area contributed by atoms with Gasteiger partial charge in [-0.05, 0) is 19.8 Å². The molecule has 0 amide bonds. The minimum absolute atomic E-state index is 0.159. The predicted molar refractivity (Wildman–Crippen MR) is 56.7 cm³/mol. The lowest BCUT2D eigenvalue weighted by molar-refractivity contribution is -0.139. The number of carbonyl (C=O) groups excluding carboxylic acids is 1. The van der Waals surface area contributed by atoms with Gasteiger partial charge < -0.3 is 5.11 Å². The van der Waals surface area contributed by atoms with Crippen molar-refractivity contribution in [1.29, 1.82) is 0 Å². The van der Waals surface area contributed by atoms with Crippen molar-refractivity contribution in [2.24, 2.45) is 5.92 Å². The first kappa shape index (κ1) is 12.2. The van der Waals surface area contributed by atoms with Gasteiger partial charge in [0.25, 0.3) is 0 Å². The summed E-state index contributed by atoms with van der Waals surface area (Å²) in [6.07, 6.45) is 5.43. The minimum Gasteiger partial charge on any atom is -0.480 e. The van der Waals surface area contributed by atoms with E-state index in [9.17, 15) is 9.59 Å². The molecule has 1 atom stereocenters. The quantitative estimate of drug-likeness (QED) is 0.720. The molecule has 15 heavy (non-hydrogen) atoms. The highest BCUT2D eigenvalue weighted by Crippen LogP contribution is 2.23. The fraction of sp³-hybridized carbons (Fsp3) is 0.818. The molecule has 0 heterocycles. The summed E-state index contributed by atoms with van der Waals surface area (Å²) in [6.45, 7) is 1.74. The van der Waals surface area contributed by atoms with Crippen LogP contribution in [-0.2, 0) is 9.59 Å². The van der Waals surface area contributed by atoms with Gasteiger partial charge in [0.05, 0.1) is 6.54 Å². The molecule has 1 saturated carbocycles. The molecule has 1 fully saturated rings. The molecular weight excluding hydrogens is 194 g/mol. The van der Waals surface area contributed by atoms with E-state index in [2.05, 4.69) is 5.32 Å². The predicted octanol–water partition coefficient (Wildman–Crippen LogP) is 1.20. The Bertz CT molecular complexity index is 234. The molecule has 4 heteroatoms. The van der Waals surface area contributed by atoms with Crippen LogP contribution >= 0.6 is 0 Å². The van der Waals surface area contributed by atoms with E-state index in [1.54, 1.807) is 6.92 Å². The molecule has 0 unspecified atom stereocenters. The molecule has 4 nitrogen and oxygen atoms in total. The molecule has 0 aromatic heterocycles. The number of carboxylic acids is 1. The number of carbonyl (C=O) groups is 2. The summed E-state index contributed by atoms with van der Waals surface area (Å²) in [5.74, 6) is -0.582. The summed E-state index contributed by atoms with van der Waals surface area (Å²) in [5, 5.41) is 11.4. The Labute approximate surface area is 90.0 Å². The molecule has 0 radical (unpaired) electrons. The average Bonchev–Trinajstić information content (AvgIpc) is 2.26. The van der Waals surface area contributed by atoms with E-state index in [0.29, 0.717) is 0 Å². The third kappa shape index (κ3) is 4.00. The molecule has 2 N–H and O–H groups in total. The minimum atomic E-state index is -0.911. The summed E-state index contributed by atoms with van der Waals surface area (Å²) in [6, 6.07) is -0.641. The number of nitrogens with one attached hydrogen (secondary N) is 1. The molecular formula is C11H19NO3. The third-order valence-electron chi connectivity index (χ3n) is 3.01. The molecule has 1 aliphatic carbocycles. The molecule has 1 aliphatic rings. The Kier molecular flexibility index (Phi) is 4.75. The van der Waals surface area contributed by atoms with Gasteiger partial charge in [-0.1, -0.05) is 19.3 Å². The number of rotatable bonds is 5. The van der Waals surface area contributed by atoms with Gasteiger partial charge in [0.1, 0.15) is 11.8 Å². The van der Waals surface area contributed by atoms with E-state index in [1.807, 2.05) is 0 Å². The van der Waals surface area contributed by atoms with Crippen molar-refractivity contribution in [1.82, 2.24) is 5.32 Å². The molecule has 0 aliphatic heterocycles. The van der Waals surface area contributed by atoms with Gasteiger partial charge in [0.15, 0.2) is 0 Å². The molecule has 0 aromatic rings. The van der Waals surface area contributed by atoms with E-state index in [1.165, 1.54) is 6.42 Å². The fourth-order valence-corrected chi connectivity index (χ4v) is 1.91. The largest absolute Gasteiger partial charge is 0.480 e. The molecule has 0 bridgehead atoms. The van der Waals surface area contributed by atoms with Crippen LogP contribution in [0, 0.1) is 5.92 Å².